The molecule has 0 unspecified atom stereocenters. The largest absolute Gasteiger partial charge is 0.423 e. The van der Waals surface area contributed by atoms with Crippen LogP contribution in [0.25, 0.3) is 5.69 Å². The normalized spacial score (nSPS) is 13.9. The van der Waals surface area contributed by atoms with E-state index < -0.39 is 5.97 Å². The predicted octanol–water partition coefficient (Wildman–Crippen LogP) is 1.53. The molecule has 1 aromatic heterocycles. The summed E-state index contributed by atoms with van der Waals surface area (Å²) in [6.07, 6.45) is 1.88. The van der Waals surface area contributed by atoms with Gasteiger partial charge in [0, 0.05) is 12.8 Å². The summed E-state index contributed by atoms with van der Waals surface area (Å²) in [5, 5.41) is 10.9. The molecule has 3 aromatic rings. The average molecular weight is 363 g/mol. The number of ether oxygens (including phenoxy) is 1. The molecule has 0 aliphatic carbocycles. The number of esters is 1. The van der Waals surface area contributed by atoms with Crippen LogP contribution in [0.4, 0.5) is 5.69 Å². The van der Waals surface area contributed by atoms with Crippen LogP contribution in [0.1, 0.15) is 23.2 Å². The van der Waals surface area contributed by atoms with E-state index in [4.69, 9.17) is 4.74 Å². The maximum Gasteiger partial charge on any atom is 0.343 e. The zero-order valence-corrected chi connectivity index (χ0v) is 14.0. The number of benzene rings is 2. The van der Waals surface area contributed by atoms with Gasteiger partial charge in [-0.25, -0.2) is 9.48 Å². The van der Waals surface area contributed by atoms with Crippen LogP contribution in [0.15, 0.2) is 54.9 Å². The number of hydrogen-bond donors (Lipinski definition) is 0. The Hall–Kier alpha value is -3.88. The van der Waals surface area contributed by atoms with Crippen LogP contribution in [-0.2, 0) is 9.59 Å². The Morgan fingerprint density at radius 2 is 1.52 bits per heavy atom. The molecule has 0 N–H and O–H groups in total. The van der Waals surface area contributed by atoms with Gasteiger partial charge in [0.1, 0.15) is 12.1 Å². The van der Waals surface area contributed by atoms with Crippen molar-refractivity contribution in [2.45, 2.75) is 12.8 Å². The molecule has 0 radical (unpaired) electrons. The average Bonchev–Trinajstić information content (AvgIpc) is 3.33. The molecule has 1 aliphatic heterocycles. The molecule has 0 spiro atoms. The summed E-state index contributed by atoms with van der Waals surface area (Å²) < 4.78 is 6.81. The highest BCUT2D eigenvalue weighted by molar-refractivity contribution is 6.19. The van der Waals surface area contributed by atoms with Crippen molar-refractivity contribution in [2.75, 3.05) is 4.90 Å². The van der Waals surface area contributed by atoms with Gasteiger partial charge in [0.15, 0.2) is 0 Å². The van der Waals surface area contributed by atoms with Crippen molar-refractivity contribution in [1.29, 1.82) is 0 Å². The first kappa shape index (κ1) is 16.6. The molecule has 27 heavy (non-hydrogen) atoms. The number of tetrazole rings is 1. The molecule has 1 aliphatic rings. The fraction of sp³-hybridized carbons (Fsp3) is 0.111. The number of rotatable bonds is 4. The highest BCUT2D eigenvalue weighted by Gasteiger charge is 2.30. The number of aromatic nitrogens is 4. The Bertz CT molecular complexity index is 981. The maximum atomic E-state index is 12.3. The monoisotopic (exact) mass is 363 g/mol. The van der Waals surface area contributed by atoms with Gasteiger partial charge >= 0.3 is 5.97 Å². The molecular formula is C18H13N5O4. The highest BCUT2D eigenvalue weighted by Crippen LogP contribution is 2.23. The molecule has 4 rings (SSSR count). The fourth-order valence-electron chi connectivity index (χ4n) is 2.72. The van der Waals surface area contributed by atoms with Crippen molar-refractivity contribution in [2.24, 2.45) is 0 Å². The predicted molar refractivity (Wildman–Crippen MR) is 92.3 cm³/mol. The molecule has 9 nitrogen and oxygen atoms in total. The van der Waals surface area contributed by atoms with Gasteiger partial charge in [-0.3, -0.25) is 14.5 Å². The van der Waals surface area contributed by atoms with Gasteiger partial charge in [-0.1, -0.05) is 0 Å². The third-order valence-electron chi connectivity index (χ3n) is 4.07. The third-order valence-corrected chi connectivity index (χ3v) is 4.07. The Morgan fingerprint density at radius 3 is 2.11 bits per heavy atom. The van der Waals surface area contributed by atoms with Gasteiger partial charge in [-0.05, 0) is 59.0 Å². The van der Waals surface area contributed by atoms with Crippen LogP contribution in [0.3, 0.4) is 0 Å². The van der Waals surface area contributed by atoms with Crippen LogP contribution in [0, 0.1) is 0 Å². The number of nitrogens with zero attached hydrogens (tertiary/aromatic N) is 5. The first-order valence-corrected chi connectivity index (χ1v) is 8.13. The van der Waals surface area contributed by atoms with Crippen LogP contribution >= 0.6 is 0 Å². The van der Waals surface area contributed by atoms with Gasteiger partial charge in [-0.15, -0.1) is 5.10 Å². The van der Waals surface area contributed by atoms with Gasteiger partial charge in [0.05, 0.1) is 16.9 Å². The minimum Gasteiger partial charge on any atom is -0.423 e. The number of anilines is 1. The molecule has 2 heterocycles. The topological polar surface area (TPSA) is 107 Å². The number of hydrogen-bond acceptors (Lipinski definition) is 7. The van der Waals surface area contributed by atoms with Crippen LogP contribution in [-0.4, -0.2) is 38.0 Å². The van der Waals surface area contributed by atoms with Gasteiger partial charge < -0.3 is 4.74 Å². The summed E-state index contributed by atoms with van der Waals surface area (Å²) in [6.45, 7) is 0. The molecule has 9 heteroatoms. The second-order valence-corrected chi connectivity index (χ2v) is 5.81. The summed E-state index contributed by atoms with van der Waals surface area (Å²) in [4.78, 5) is 36.9. The summed E-state index contributed by atoms with van der Waals surface area (Å²) in [5.74, 6) is -0.655. The first-order chi connectivity index (χ1) is 13.1. The zero-order valence-electron chi connectivity index (χ0n) is 14.0. The molecule has 2 amide bonds. The van der Waals surface area contributed by atoms with Crippen molar-refractivity contribution < 1.29 is 19.1 Å². The maximum absolute atomic E-state index is 12.3. The van der Waals surface area contributed by atoms with Gasteiger partial charge in [0.2, 0.25) is 11.8 Å². The fourth-order valence-corrected chi connectivity index (χ4v) is 2.72. The quantitative estimate of drug-likeness (QED) is 0.393. The van der Waals surface area contributed by atoms with Crippen molar-refractivity contribution in [3.63, 3.8) is 0 Å². The Labute approximate surface area is 153 Å². The van der Waals surface area contributed by atoms with Crippen LogP contribution in [0.2, 0.25) is 0 Å². The molecule has 0 atom stereocenters. The van der Waals surface area contributed by atoms with Crippen LogP contribution < -0.4 is 9.64 Å². The van der Waals surface area contributed by atoms with E-state index in [-0.39, 0.29) is 24.7 Å². The minimum absolute atomic E-state index is 0.212. The van der Waals surface area contributed by atoms with E-state index in [1.165, 1.54) is 23.1 Å². The van der Waals surface area contributed by atoms with Gasteiger partial charge in [0.25, 0.3) is 0 Å². The number of carbonyl (C=O) groups excluding carboxylic acids is 3. The number of carbonyl (C=O) groups is 3. The number of imide groups is 1. The molecular weight excluding hydrogens is 350 g/mol. The summed E-state index contributed by atoms with van der Waals surface area (Å²) in [6, 6.07) is 12.8. The van der Waals surface area contributed by atoms with E-state index >= 15 is 0 Å². The Morgan fingerprint density at radius 1 is 0.889 bits per heavy atom. The van der Waals surface area contributed by atoms with E-state index in [0.717, 1.165) is 10.6 Å². The molecule has 1 saturated heterocycles. The Balaban J connectivity index is 1.45. The van der Waals surface area contributed by atoms with E-state index in [0.29, 0.717) is 17.0 Å². The number of amides is 2. The zero-order chi connectivity index (χ0) is 18.8. The lowest BCUT2D eigenvalue weighted by atomic mass is 10.2. The second-order valence-electron chi connectivity index (χ2n) is 5.81. The Kier molecular flexibility index (Phi) is 4.17. The van der Waals surface area contributed by atoms with E-state index in [1.807, 2.05) is 0 Å². The molecule has 2 aromatic carbocycles. The highest BCUT2D eigenvalue weighted by atomic mass is 16.5. The molecule has 134 valence electrons. The molecule has 1 fully saturated rings. The summed E-state index contributed by atoms with van der Waals surface area (Å²) in [5.41, 5.74) is 1.48. The lowest BCUT2D eigenvalue weighted by molar-refractivity contribution is -0.121. The molecule has 0 saturated carbocycles. The van der Waals surface area contributed by atoms with Crippen molar-refractivity contribution in [1.82, 2.24) is 20.2 Å². The first-order valence-electron chi connectivity index (χ1n) is 8.13. The SMILES string of the molecule is O=C(Oc1ccc(-n2cnnn2)cc1)c1ccc(N2C(=O)CCC2=O)cc1. The third kappa shape index (κ3) is 3.30. The lowest BCUT2D eigenvalue weighted by Crippen LogP contribution is -2.28. The van der Waals surface area contributed by atoms with E-state index in [2.05, 4.69) is 15.5 Å². The minimum atomic E-state index is -0.546. The van der Waals surface area contributed by atoms with Crippen molar-refractivity contribution in [3.8, 4) is 11.4 Å². The second kappa shape index (κ2) is 6.79. The van der Waals surface area contributed by atoms with Crippen molar-refractivity contribution >= 4 is 23.5 Å². The van der Waals surface area contributed by atoms with Crippen molar-refractivity contribution in [3.05, 3.63) is 60.4 Å². The standard InChI is InChI=1S/C18H13N5O4/c24-16-9-10-17(25)23(16)14-3-1-12(2-4-14)18(26)27-15-7-5-13(6-8-15)22-11-19-20-21-22/h1-8,11H,9-10H2. The smallest absolute Gasteiger partial charge is 0.343 e. The lowest BCUT2D eigenvalue weighted by Gasteiger charge is -2.14. The van der Waals surface area contributed by atoms with E-state index in [9.17, 15) is 14.4 Å². The van der Waals surface area contributed by atoms with E-state index in [1.54, 1.807) is 36.4 Å². The summed E-state index contributed by atoms with van der Waals surface area (Å²) in [7, 11) is 0. The molecule has 0 bridgehead atoms. The van der Waals surface area contributed by atoms with Gasteiger partial charge in [-0.2, -0.15) is 0 Å². The summed E-state index contributed by atoms with van der Waals surface area (Å²) >= 11 is 0. The van der Waals surface area contributed by atoms with Crippen LogP contribution in [0.5, 0.6) is 5.75 Å².